The van der Waals surface area contributed by atoms with E-state index < -0.39 is 48.5 Å². The molecule has 2 aliphatic rings. The molecule has 2 saturated heterocycles. The number of hydrogen-bond donors (Lipinski definition) is 6. The Bertz CT molecular complexity index is 1590. The average Bonchev–Trinajstić information content (AvgIpc) is 3.48. The lowest BCUT2D eigenvalue weighted by atomic mass is 10.0. The van der Waals surface area contributed by atoms with Crippen molar-refractivity contribution in [2.45, 2.75) is 69.7 Å². The van der Waals surface area contributed by atoms with Crippen LogP contribution >= 0.6 is 0 Å². The number of imide groups is 1. The Morgan fingerprint density at radius 1 is 0.796 bits per heavy atom. The van der Waals surface area contributed by atoms with E-state index in [1.807, 2.05) is 6.07 Å². The second-order valence-electron chi connectivity index (χ2n) is 12.4. The zero-order valence-electron chi connectivity index (χ0n) is 29.8. The Balaban J connectivity index is 1.06. The van der Waals surface area contributed by atoms with Crippen LogP contribution in [0, 0.1) is 0 Å². The van der Waals surface area contributed by atoms with E-state index in [-0.39, 0.29) is 95.9 Å². The van der Waals surface area contributed by atoms with Gasteiger partial charge in [0.2, 0.25) is 5.91 Å². The number of aliphatic hydroxyl groups is 3. The Morgan fingerprint density at radius 3 is 2.24 bits per heavy atom. The van der Waals surface area contributed by atoms with Gasteiger partial charge in [-0.2, -0.15) is 0 Å². The van der Waals surface area contributed by atoms with Crippen LogP contribution in [0.3, 0.4) is 0 Å². The first-order valence-electron chi connectivity index (χ1n) is 17.5. The van der Waals surface area contributed by atoms with E-state index >= 15 is 0 Å². The first-order valence-corrected chi connectivity index (χ1v) is 17.5. The predicted molar refractivity (Wildman–Crippen MR) is 186 cm³/mol. The molecule has 2 heterocycles. The minimum atomic E-state index is -1.39. The second-order valence-corrected chi connectivity index (χ2v) is 12.4. The third kappa shape index (κ3) is 12.9. The largest absolute Gasteiger partial charge is 0.484 e. The molecular weight excluding hydrogens is 712 g/mol. The molecular formula is C36H46N4O14. The van der Waals surface area contributed by atoms with Gasteiger partial charge in [-0.1, -0.05) is 24.3 Å². The second kappa shape index (κ2) is 21.0. The van der Waals surface area contributed by atoms with Gasteiger partial charge in [-0.15, -0.1) is 5.06 Å². The van der Waals surface area contributed by atoms with Gasteiger partial charge in [0, 0.05) is 50.9 Å². The molecule has 5 amide bonds. The van der Waals surface area contributed by atoms with Gasteiger partial charge >= 0.3 is 5.97 Å². The van der Waals surface area contributed by atoms with Gasteiger partial charge < -0.3 is 55.1 Å². The lowest BCUT2D eigenvalue weighted by Gasteiger charge is -2.38. The molecule has 0 bridgehead atoms. The van der Waals surface area contributed by atoms with Crippen LogP contribution in [0.2, 0.25) is 0 Å². The maximum absolute atomic E-state index is 12.7. The van der Waals surface area contributed by atoms with Crippen molar-refractivity contribution in [3.8, 4) is 16.9 Å². The molecule has 18 nitrogen and oxygen atoms in total. The minimum Gasteiger partial charge on any atom is -0.484 e. The molecule has 5 atom stereocenters. The van der Waals surface area contributed by atoms with E-state index in [1.165, 1.54) is 0 Å². The Labute approximate surface area is 311 Å². The maximum atomic E-state index is 12.7. The number of aliphatic hydroxyl groups excluding tert-OH is 3. The van der Waals surface area contributed by atoms with Gasteiger partial charge in [-0.05, 0) is 48.7 Å². The summed E-state index contributed by atoms with van der Waals surface area (Å²) in [6.45, 7) is 2.29. The summed E-state index contributed by atoms with van der Waals surface area (Å²) in [7, 11) is 0. The summed E-state index contributed by atoms with van der Waals surface area (Å²) in [5.41, 5.74) is 1.99. The van der Waals surface area contributed by atoms with Crippen LogP contribution in [-0.4, -0.2) is 133 Å². The molecule has 6 N–H and O–H groups in total. The molecule has 2 fully saturated rings. The number of amides is 5. The van der Waals surface area contributed by atoms with Crippen LogP contribution in [0.1, 0.15) is 49.4 Å². The number of nitrogens with one attached hydrogen (secondary N) is 3. The SMILES string of the molecule is C[C@@H]1O[C@@H](OCCOCCNC(=O)COc2ccc(-c3cccc(C(=O)NCCNC(=O)CCCC(=O)ON4C(=O)CCC4=O)c3)cc2)[C@H](O)[C@H](O)[C@H]1O. The summed E-state index contributed by atoms with van der Waals surface area (Å²) in [6.07, 6.45) is -5.75. The van der Waals surface area contributed by atoms with Gasteiger partial charge in [-0.3, -0.25) is 24.0 Å². The fourth-order valence-corrected chi connectivity index (χ4v) is 5.29. The van der Waals surface area contributed by atoms with Gasteiger partial charge in [0.15, 0.2) is 12.9 Å². The van der Waals surface area contributed by atoms with Crippen LogP contribution in [0.15, 0.2) is 48.5 Å². The van der Waals surface area contributed by atoms with Crippen molar-refractivity contribution in [1.29, 1.82) is 0 Å². The topological polar surface area (TPSA) is 249 Å². The minimum absolute atomic E-state index is 0.0000280. The molecule has 18 heteroatoms. The number of hydrogen-bond acceptors (Lipinski definition) is 14. The number of carbonyl (C=O) groups excluding carboxylic acids is 6. The first kappa shape index (κ1) is 41.8. The van der Waals surface area contributed by atoms with E-state index in [9.17, 15) is 44.1 Å². The molecule has 0 aromatic heterocycles. The van der Waals surface area contributed by atoms with Gasteiger partial charge in [0.25, 0.3) is 23.6 Å². The molecule has 0 unspecified atom stereocenters. The number of nitrogens with zero attached hydrogens (tertiary/aromatic N) is 1. The predicted octanol–water partition coefficient (Wildman–Crippen LogP) is -0.667. The summed E-state index contributed by atoms with van der Waals surface area (Å²) in [5, 5.41) is 38.0. The van der Waals surface area contributed by atoms with Crippen molar-refractivity contribution in [3.63, 3.8) is 0 Å². The fraction of sp³-hybridized carbons (Fsp3) is 0.500. The third-order valence-electron chi connectivity index (χ3n) is 8.29. The van der Waals surface area contributed by atoms with Crippen molar-refractivity contribution in [1.82, 2.24) is 21.0 Å². The molecule has 0 saturated carbocycles. The highest BCUT2D eigenvalue weighted by Gasteiger charge is 2.42. The van der Waals surface area contributed by atoms with Crippen LogP contribution in [-0.2, 0) is 43.0 Å². The van der Waals surface area contributed by atoms with Crippen LogP contribution in [0.4, 0.5) is 0 Å². The average molecular weight is 759 g/mol. The van der Waals surface area contributed by atoms with Crippen molar-refractivity contribution in [3.05, 3.63) is 54.1 Å². The molecule has 0 spiro atoms. The van der Waals surface area contributed by atoms with Crippen LogP contribution in [0.25, 0.3) is 11.1 Å². The number of rotatable bonds is 20. The number of carbonyl (C=O) groups is 6. The third-order valence-corrected chi connectivity index (χ3v) is 8.29. The van der Waals surface area contributed by atoms with Gasteiger partial charge in [-0.25, -0.2) is 4.79 Å². The van der Waals surface area contributed by atoms with Gasteiger partial charge in [0.05, 0.1) is 25.9 Å². The Kier molecular flexibility index (Phi) is 16.3. The number of ether oxygens (including phenoxy) is 4. The zero-order valence-corrected chi connectivity index (χ0v) is 29.8. The highest BCUT2D eigenvalue weighted by atomic mass is 16.7. The molecule has 0 radical (unpaired) electrons. The van der Waals surface area contributed by atoms with Crippen molar-refractivity contribution < 1.29 is 67.9 Å². The molecule has 2 aromatic carbocycles. The molecule has 2 aliphatic heterocycles. The standard InChI is InChI=1S/C36H46N4O14/c1-22-32(46)33(47)34(48)36(53-22)51-19-18-50-17-16-38-28(42)21-52-26-10-8-23(9-11-26)24-4-2-5-25(20-24)35(49)39-15-14-37-27(41)6-3-7-31(45)54-40-29(43)12-13-30(40)44/h2,4-5,8-11,20,22,32-34,36,46-48H,3,6-7,12-19,21H2,1H3,(H,37,41)(H,38,42)(H,39,49)/t22-,32-,33+,34+,36+/m0/s1. The lowest BCUT2D eigenvalue weighted by Crippen LogP contribution is -2.57. The molecule has 4 rings (SSSR count). The molecule has 2 aromatic rings. The summed E-state index contributed by atoms with van der Waals surface area (Å²) in [4.78, 5) is 76.6. The number of benzene rings is 2. The van der Waals surface area contributed by atoms with E-state index in [1.54, 1.807) is 49.4 Å². The Hall–Kier alpha value is -4.98. The monoisotopic (exact) mass is 758 g/mol. The smallest absolute Gasteiger partial charge is 0.333 e. The first-order chi connectivity index (χ1) is 25.9. The zero-order chi connectivity index (χ0) is 39.0. The van der Waals surface area contributed by atoms with Crippen LogP contribution in [0.5, 0.6) is 5.75 Å². The summed E-state index contributed by atoms with van der Waals surface area (Å²) in [6, 6.07) is 14.0. The van der Waals surface area contributed by atoms with Gasteiger partial charge in [0.1, 0.15) is 24.1 Å². The lowest BCUT2D eigenvalue weighted by molar-refractivity contribution is -0.294. The summed E-state index contributed by atoms with van der Waals surface area (Å²) in [5.74, 6) is -2.48. The fourth-order valence-electron chi connectivity index (χ4n) is 5.29. The van der Waals surface area contributed by atoms with E-state index in [0.29, 0.717) is 16.4 Å². The van der Waals surface area contributed by atoms with Crippen molar-refractivity contribution >= 4 is 35.5 Å². The Morgan fingerprint density at radius 2 is 1.50 bits per heavy atom. The summed E-state index contributed by atoms with van der Waals surface area (Å²) < 4.78 is 21.7. The van der Waals surface area contributed by atoms with E-state index in [2.05, 4.69) is 16.0 Å². The van der Waals surface area contributed by atoms with Crippen molar-refractivity contribution in [2.24, 2.45) is 0 Å². The highest BCUT2D eigenvalue weighted by Crippen LogP contribution is 2.24. The van der Waals surface area contributed by atoms with E-state index in [4.69, 9.17) is 23.8 Å². The molecule has 0 aliphatic carbocycles. The number of hydroxylamine groups is 2. The normalized spacial score (nSPS) is 21.0. The highest BCUT2D eigenvalue weighted by molar-refractivity contribution is 6.01. The quantitative estimate of drug-likeness (QED) is 0.0725. The maximum Gasteiger partial charge on any atom is 0.333 e. The van der Waals surface area contributed by atoms with E-state index in [0.717, 1.165) is 11.1 Å². The van der Waals surface area contributed by atoms with Crippen LogP contribution < -0.4 is 20.7 Å². The molecule has 54 heavy (non-hydrogen) atoms. The molecule has 294 valence electrons. The summed E-state index contributed by atoms with van der Waals surface area (Å²) >= 11 is 0. The van der Waals surface area contributed by atoms with Crippen molar-refractivity contribution in [2.75, 3.05) is 46.1 Å².